The van der Waals surface area contributed by atoms with Gasteiger partial charge in [0.05, 0.1) is 11.5 Å². The minimum Gasteiger partial charge on any atom is -0.395 e. The Labute approximate surface area is 91.3 Å². The SMILES string of the molecule is CC(C)N(CCO)c1ncc([N+](=O)[O-])s1. The van der Waals surface area contributed by atoms with Crippen molar-refractivity contribution in [2.24, 2.45) is 0 Å². The number of aliphatic hydroxyl groups is 1. The second-order valence-electron chi connectivity index (χ2n) is 3.25. The first kappa shape index (κ1) is 11.9. The van der Waals surface area contributed by atoms with Gasteiger partial charge in [-0.3, -0.25) is 10.1 Å². The van der Waals surface area contributed by atoms with Gasteiger partial charge in [-0.05, 0) is 25.2 Å². The summed E-state index contributed by atoms with van der Waals surface area (Å²) in [6.07, 6.45) is 1.24. The van der Waals surface area contributed by atoms with Gasteiger partial charge in [0.2, 0.25) is 0 Å². The molecule has 0 saturated heterocycles. The summed E-state index contributed by atoms with van der Waals surface area (Å²) in [5, 5.41) is 19.9. The van der Waals surface area contributed by atoms with Crippen molar-refractivity contribution in [3.05, 3.63) is 16.3 Å². The number of aliphatic hydroxyl groups excluding tert-OH is 1. The number of aromatic nitrogens is 1. The predicted molar refractivity (Wildman–Crippen MR) is 58.3 cm³/mol. The molecule has 6 nitrogen and oxygen atoms in total. The average molecular weight is 231 g/mol. The fourth-order valence-corrected chi connectivity index (χ4v) is 2.05. The van der Waals surface area contributed by atoms with E-state index in [1.54, 1.807) is 0 Å². The normalized spacial score (nSPS) is 10.7. The minimum absolute atomic E-state index is 0.00551. The monoisotopic (exact) mass is 231 g/mol. The Morgan fingerprint density at radius 2 is 2.40 bits per heavy atom. The molecule has 1 N–H and O–H groups in total. The largest absolute Gasteiger partial charge is 0.395 e. The van der Waals surface area contributed by atoms with Gasteiger partial charge in [0, 0.05) is 12.6 Å². The fourth-order valence-electron chi connectivity index (χ4n) is 1.16. The van der Waals surface area contributed by atoms with Crippen LogP contribution in [0.2, 0.25) is 0 Å². The summed E-state index contributed by atoms with van der Waals surface area (Å²) >= 11 is 1.02. The van der Waals surface area contributed by atoms with E-state index < -0.39 is 4.92 Å². The Hall–Kier alpha value is -1.21. The molecule has 0 radical (unpaired) electrons. The molecule has 1 aromatic heterocycles. The molecule has 0 aliphatic rings. The van der Waals surface area contributed by atoms with Crippen LogP contribution in [-0.2, 0) is 0 Å². The molecule has 1 aromatic rings. The van der Waals surface area contributed by atoms with Crippen molar-refractivity contribution in [2.75, 3.05) is 18.1 Å². The second-order valence-corrected chi connectivity index (χ2v) is 4.24. The lowest BCUT2D eigenvalue weighted by Crippen LogP contribution is -2.33. The molecule has 0 spiro atoms. The Balaban J connectivity index is 2.86. The summed E-state index contributed by atoms with van der Waals surface area (Å²) in [6.45, 7) is 4.33. The molecule has 0 aromatic carbocycles. The smallest absolute Gasteiger partial charge is 0.345 e. The molecule has 0 atom stereocenters. The van der Waals surface area contributed by atoms with Crippen LogP contribution < -0.4 is 4.90 Å². The molecular formula is C8H13N3O3S. The van der Waals surface area contributed by atoms with Crippen molar-refractivity contribution >= 4 is 21.5 Å². The van der Waals surface area contributed by atoms with E-state index in [9.17, 15) is 10.1 Å². The topological polar surface area (TPSA) is 79.5 Å². The molecule has 0 aliphatic carbocycles. The highest BCUT2D eigenvalue weighted by molar-refractivity contribution is 7.18. The van der Waals surface area contributed by atoms with E-state index in [2.05, 4.69) is 4.98 Å². The van der Waals surface area contributed by atoms with E-state index in [4.69, 9.17) is 5.11 Å². The van der Waals surface area contributed by atoms with Gasteiger partial charge in [-0.15, -0.1) is 0 Å². The molecule has 7 heteroatoms. The van der Waals surface area contributed by atoms with E-state index in [1.165, 1.54) is 6.20 Å². The van der Waals surface area contributed by atoms with Crippen LogP contribution in [0.5, 0.6) is 0 Å². The Bertz CT molecular complexity index is 340. The fraction of sp³-hybridized carbons (Fsp3) is 0.625. The average Bonchev–Trinajstić information content (AvgIpc) is 2.62. The Morgan fingerprint density at radius 1 is 1.73 bits per heavy atom. The summed E-state index contributed by atoms with van der Waals surface area (Å²) < 4.78 is 0. The van der Waals surface area contributed by atoms with Crippen LogP contribution in [0.4, 0.5) is 10.1 Å². The molecule has 0 saturated carbocycles. The molecule has 15 heavy (non-hydrogen) atoms. The lowest BCUT2D eigenvalue weighted by molar-refractivity contribution is -0.380. The minimum atomic E-state index is -0.460. The van der Waals surface area contributed by atoms with Crippen molar-refractivity contribution in [3.63, 3.8) is 0 Å². The van der Waals surface area contributed by atoms with E-state index in [0.717, 1.165) is 11.3 Å². The molecule has 0 fully saturated rings. The number of hydrogen-bond donors (Lipinski definition) is 1. The summed E-state index contributed by atoms with van der Waals surface area (Å²) in [4.78, 5) is 15.8. The number of nitrogens with zero attached hydrogens (tertiary/aromatic N) is 3. The van der Waals surface area contributed by atoms with Crippen LogP contribution in [0.15, 0.2) is 6.20 Å². The lowest BCUT2D eigenvalue weighted by Gasteiger charge is -2.24. The van der Waals surface area contributed by atoms with E-state index in [-0.39, 0.29) is 17.6 Å². The summed E-state index contributed by atoms with van der Waals surface area (Å²) in [5.41, 5.74) is 0. The predicted octanol–water partition coefficient (Wildman–Crippen LogP) is 1.26. The van der Waals surface area contributed by atoms with Gasteiger partial charge >= 0.3 is 5.00 Å². The third-order valence-corrected chi connectivity index (χ3v) is 2.86. The quantitative estimate of drug-likeness (QED) is 0.609. The third-order valence-electron chi connectivity index (χ3n) is 1.87. The van der Waals surface area contributed by atoms with Gasteiger partial charge in [0.15, 0.2) is 5.13 Å². The van der Waals surface area contributed by atoms with Crippen molar-refractivity contribution in [1.82, 2.24) is 4.98 Å². The second kappa shape index (κ2) is 5.04. The van der Waals surface area contributed by atoms with Crippen molar-refractivity contribution in [1.29, 1.82) is 0 Å². The summed E-state index contributed by atoms with van der Waals surface area (Å²) in [7, 11) is 0. The van der Waals surface area contributed by atoms with Crippen LogP contribution in [0.3, 0.4) is 0 Å². The summed E-state index contributed by atoms with van der Waals surface area (Å²) in [6, 6.07) is 0.155. The highest BCUT2D eigenvalue weighted by atomic mass is 32.1. The first-order valence-electron chi connectivity index (χ1n) is 4.54. The van der Waals surface area contributed by atoms with Crippen molar-refractivity contribution in [3.8, 4) is 0 Å². The standard InChI is InChI=1S/C8H13N3O3S/c1-6(2)10(3-4-12)8-9-5-7(15-8)11(13)14/h5-6,12H,3-4H2,1-2H3. The number of rotatable bonds is 5. The number of nitro groups is 1. The lowest BCUT2D eigenvalue weighted by atomic mass is 10.3. The van der Waals surface area contributed by atoms with Gasteiger partial charge in [-0.1, -0.05) is 0 Å². The van der Waals surface area contributed by atoms with Gasteiger partial charge in [0.25, 0.3) is 0 Å². The zero-order chi connectivity index (χ0) is 11.4. The molecule has 0 aliphatic heterocycles. The Kier molecular flexibility index (Phi) is 3.98. The molecule has 84 valence electrons. The molecule has 1 heterocycles. The third kappa shape index (κ3) is 2.87. The maximum Gasteiger partial charge on any atom is 0.345 e. The van der Waals surface area contributed by atoms with Crippen LogP contribution in [0.25, 0.3) is 0 Å². The maximum atomic E-state index is 10.5. The zero-order valence-corrected chi connectivity index (χ0v) is 9.40. The van der Waals surface area contributed by atoms with Gasteiger partial charge in [-0.25, -0.2) is 4.98 Å². The number of thiazole rings is 1. The van der Waals surface area contributed by atoms with Gasteiger partial charge in [-0.2, -0.15) is 0 Å². The van der Waals surface area contributed by atoms with E-state index >= 15 is 0 Å². The van der Waals surface area contributed by atoms with E-state index in [0.29, 0.717) is 11.7 Å². The van der Waals surface area contributed by atoms with Crippen molar-refractivity contribution < 1.29 is 10.0 Å². The highest BCUT2D eigenvalue weighted by Crippen LogP contribution is 2.29. The van der Waals surface area contributed by atoms with Crippen molar-refractivity contribution in [2.45, 2.75) is 19.9 Å². The first-order valence-corrected chi connectivity index (χ1v) is 5.35. The van der Waals surface area contributed by atoms with Gasteiger partial charge < -0.3 is 10.0 Å². The first-order chi connectivity index (χ1) is 7.06. The highest BCUT2D eigenvalue weighted by Gasteiger charge is 2.18. The molecular weight excluding hydrogens is 218 g/mol. The number of anilines is 1. The summed E-state index contributed by atoms with van der Waals surface area (Å²) in [5.74, 6) is 0. The van der Waals surface area contributed by atoms with Gasteiger partial charge in [0.1, 0.15) is 6.20 Å². The van der Waals surface area contributed by atoms with Crippen LogP contribution in [-0.4, -0.2) is 34.2 Å². The molecule has 0 unspecified atom stereocenters. The van der Waals surface area contributed by atoms with Crippen LogP contribution in [0.1, 0.15) is 13.8 Å². The zero-order valence-electron chi connectivity index (χ0n) is 8.58. The van der Waals surface area contributed by atoms with E-state index in [1.807, 2.05) is 18.7 Å². The maximum absolute atomic E-state index is 10.5. The Morgan fingerprint density at radius 3 is 2.80 bits per heavy atom. The molecule has 0 amide bonds. The van der Waals surface area contributed by atoms with Crippen LogP contribution in [0, 0.1) is 10.1 Å². The molecule has 0 bridgehead atoms. The van der Waals surface area contributed by atoms with Crippen LogP contribution >= 0.6 is 11.3 Å². The number of hydrogen-bond acceptors (Lipinski definition) is 6. The molecule has 1 rings (SSSR count).